The van der Waals surface area contributed by atoms with Crippen LogP contribution in [0.15, 0.2) is 33.8 Å². The minimum absolute atomic E-state index is 0.272. The van der Waals surface area contributed by atoms with E-state index in [4.69, 9.17) is 33.4 Å². The fourth-order valence-electron chi connectivity index (χ4n) is 4.72. The van der Waals surface area contributed by atoms with E-state index in [0.717, 1.165) is 32.6 Å². The molecule has 2 aliphatic rings. The molecule has 6 rings (SSSR count). The molecule has 4 aromatic rings. The highest BCUT2D eigenvalue weighted by Gasteiger charge is 2.28. The lowest BCUT2D eigenvalue weighted by Gasteiger charge is -2.22. The van der Waals surface area contributed by atoms with Crippen LogP contribution in [-0.4, -0.2) is 36.9 Å². The molecule has 0 bridgehead atoms. The van der Waals surface area contributed by atoms with E-state index in [9.17, 15) is 4.79 Å². The smallest absolute Gasteiger partial charge is 0.298 e. The molecule has 0 aliphatic carbocycles. The van der Waals surface area contributed by atoms with Crippen LogP contribution in [0.3, 0.4) is 0 Å². The number of aromatic amines is 1. The Morgan fingerprint density at radius 2 is 1.89 bits per heavy atom. The molecule has 0 amide bonds. The maximum atomic E-state index is 11.0. The van der Waals surface area contributed by atoms with Crippen molar-refractivity contribution in [3.8, 4) is 45.4 Å². The molecule has 0 radical (unpaired) electrons. The quantitative estimate of drug-likeness (QED) is 0.347. The summed E-state index contributed by atoms with van der Waals surface area (Å²) in [6.45, 7) is 8.79. The summed E-state index contributed by atoms with van der Waals surface area (Å²) in [4.78, 5) is 23.7. The van der Waals surface area contributed by atoms with Crippen LogP contribution in [0.1, 0.15) is 11.5 Å². The Kier molecular flexibility index (Phi) is 4.96. The average molecular weight is 485 g/mol. The van der Waals surface area contributed by atoms with Crippen LogP contribution >= 0.6 is 0 Å². The molecule has 2 aromatic carbocycles. The van der Waals surface area contributed by atoms with Crippen molar-refractivity contribution in [2.24, 2.45) is 4.99 Å². The van der Waals surface area contributed by atoms with Crippen LogP contribution in [0.4, 0.5) is 5.82 Å². The molecule has 0 fully saturated rings. The Hall–Kier alpha value is -4.73. The van der Waals surface area contributed by atoms with Crippen LogP contribution in [0.25, 0.3) is 29.0 Å². The van der Waals surface area contributed by atoms with E-state index in [1.54, 1.807) is 19.2 Å². The predicted molar refractivity (Wildman–Crippen MR) is 126 cm³/mol. The van der Waals surface area contributed by atoms with Crippen molar-refractivity contribution in [2.75, 3.05) is 20.3 Å². The summed E-state index contributed by atoms with van der Waals surface area (Å²) in [5.74, 6) is 3.00. The first-order chi connectivity index (χ1) is 17.5. The summed E-state index contributed by atoms with van der Waals surface area (Å²) in [5, 5.41) is 6.41. The van der Waals surface area contributed by atoms with Gasteiger partial charge in [-0.15, -0.1) is 9.98 Å². The lowest BCUT2D eigenvalue weighted by atomic mass is 10.0. The predicted octanol–water partition coefficient (Wildman–Crippen LogP) is 2.11. The first-order valence-electron chi connectivity index (χ1n) is 11.2. The van der Waals surface area contributed by atoms with Gasteiger partial charge in [-0.2, -0.15) is 0 Å². The van der Waals surface area contributed by atoms with Gasteiger partial charge in [0.15, 0.2) is 17.2 Å². The minimum Gasteiger partial charge on any atom is -0.496 e. The fraction of sp³-hybridized carbons (Fsp3) is 0.192. The van der Waals surface area contributed by atoms with Crippen molar-refractivity contribution in [3.63, 3.8) is 0 Å². The third-order valence-electron chi connectivity index (χ3n) is 6.19. The van der Waals surface area contributed by atoms with E-state index < -0.39 is 0 Å². The van der Waals surface area contributed by atoms with Gasteiger partial charge in [-0.1, -0.05) is 5.16 Å². The maximum Gasteiger partial charge on any atom is 0.298 e. The van der Waals surface area contributed by atoms with Crippen LogP contribution < -0.4 is 34.8 Å². The highest BCUT2D eigenvalue weighted by molar-refractivity contribution is 5.78. The van der Waals surface area contributed by atoms with Gasteiger partial charge in [-0.25, -0.2) is 4.98 Å². The summed E-state index contributed by atoms with van der Waals surface area (Å²) in [6, 6.07) is 7.32. The fourth-order valence-corrected chi connectivity index (χ4v) is 4.72. The van der Waals surface area contributed by atoms with Crippen LogP contribution in [0.2, 0.25) is 0 Å². The number of nitrogens with zero attached hydrogens (tertiary/aromatic N) is 3. The molecular weight excluding hydrogens is 464 g/mol. The van der Waals surface area contributed by atoms with Gasteiger partial charge in [0.05, 0.1) is 23.9 Å². The average Bonchev–Trinajstić information content (AvgIpc) is 3.40. The van der Waals surface area contributed by atoms with Crippen molar-refractivity contribution >= 4 is 18.9 Å². The third-order valence-corrected chi connectivity index (χ3v) is 6.19. The Morgan fingerprint density at radius 1 is 1.08 bits per heavy atom. The first kappa shape index (κ1) is 21.8. The number of benzene rings is 2. The number of rotatable bonds is 5. The standard InChI is InChI=1S/C26H20N4O6/c1-12-21(13(2)36-30-12)17-9-18-16(10-20(17)32-4)22-23(27-14(3)28-26(22)29-18)15-5-6-19(35-11-31)25-24(15)33-7-8-34-25/h5-6,9-11H,3,7-8H2,1-2,4H3/p+1. The monoisotopic (exact) mass is 485 g/mol. The number of hydrogen-bond donors (Lipinski definition) is 0. The Morgan fingerprint density at radius 3 is 2.61 bits per heavy atom. The van der Waals surface area contributed by atoms with Crippen molar-refractivity contribution < 1.29 is 33.2 Å². The molecular formula is C26H21N4O6+. The maximum absolute atomic E-state index is 11.0. The molecule has 0 atom stereocenters. The summed E-state index contributed by atoms with van der Waals surface area (Å²) < 4.78 is 28.0. The van der Waals surface area contributed by atoms with Gasteiger partial charge in [0.1, 0.15) is 35.3 Å². The third kappa shape index (κ3) is 3.22. The number of ether oxygens (including phenoxy) is 4. The van der Waals surface area contributed by atoms with Crippen molar-refractivity contribution in [2.45, 2.75) is 13.8 Å². The molecule has 10 nitrogen and oxygen atoms in total. The lowest BCUT2D eigenvalue weighted by molar-refractivity contribution is -0.385. The second kappa shape index (κ2) is 8.19. The van der Waals surface area contributed by atoms with Gasteiger partial charge >= 0.3 is 0 Å². The number of aryl methyl sites for hydroxylation is 2. The number of carbonyl (C=O) groups is 1. The molecule has 0 saturated heterocycles. The normalized spacial score (nSPS) is 13.0. The van der Waals surface area contributed by atoms with E-state index in [1.165, 1.54) is 0 Å². The molecule has 36 heavy (non-hydrogen) atoms. The van der Waals surface area contributed by atoms with Crippen molar-refractivity contribution in [3.05, 3.63) is 57.0 Å². The largest absolute Gasteiger partial charge is 0.496 e. The summed E-state index contributed by atoms with van der Waals surface area (Å²) in [7, 11) is 1.62. The zero-order chi connectivity index (χ0) is 25.0. The van der Waals surface area contributed by atoms with Gasteiger partial charge in [-0.05, 0) is 44.7 Å². The van der Waals surface area contributed by atoms with E-state index in [1.807, 2.05) is 26.0 Å². The molecule has 4 heterocycles. The molecule has 2 aliphatic heterocycles. The molecule has 0 spiro atoms. The SMILES string of the molecule is C=c1nc(-c2ccc(OC=O)c3c2OCCO3)c2c([nH+]1)N=c1cc(-c3c(C)noc3C)c(OC)cc1=2. The number of nitrogens with one attached hydrogen (secondary N) is 1. The van der Waals surface area contributed by atoms with Crippen LogP contribution in [0, 0.1) is 24.3 Å². The first-order valence-corrected chi connectivity index (χ1v) is 11.2. The van der Waals surface area contributed by atoms with Crippen molar-refractivity contribution in [1.29, 1.82) is 0 Å². The lowest BCUT2D eigenvalue weighted by Crippen LogP contribution is -2.30. The minimum atomic E-state index is 0.272. The number of carbonyl (C=O) groups excluding carboxylic acids is 1. The van der Waals surface area contributed by atoms with Gasteiger partial charge in [-0.3, -0.25) is 4.79 Å². The molecule has 180 valence electrons. The number of methoxy groups -OCH3 is 1. The van der Waals surface area contributed by atoms with Gasteiger partial charge < -0.3 is 23.5 Å². The van der Waals surface area contributed by atoms with Gasteiger partial charge in [0.2, 0.25) is 5.75 Å². The summed E-state index contributed by atoms with van der Waals surface area (Å²) >= 11 is 0. The molecule has 2 aromatic heterocycles. The van der Waals surface area contributed by atoms with E-state index in [0.29, 0.717) is 65.2 Å². The van der Waals surface area contributed by atoms with E-state index in [2.05, 4.69) is 16.7 Å². The van der Waals surface area contributed by atoms with Gasteiger partial charge in [0.25, 0.3) is 17.8 Å². The Balaban J connectivity index is 1.68. The second-order valence-electron chi connectivity index (χ2n) is 8.32. The number of aromatic nitrogens is 3. The highest BCUT2D eigenvalue weighted by Crippen LogP contribution is 2.46. The molecule has 0 saturated carbocycles. The molecule has 10 heteroatoms. The summed E-state index contributed by atoms with van der Waals surface area (Å²) in [5.41, 5.74) is 4.15. The zero-order valence-electron chi connectivity index (χ0n) is 19.8. The van der Waals surface area contributed by atoms with Crippen molar-refractivity contribution in [1.82, 2.24) is 10.1 Å². The van der Waals surface area contributed by atoms with Gasteiger partial charge in [0, 0.05) is 10.8 Å². The number of H-pyrrole nitrogens is 1. The number of fused-ring (bicyclic) bond motifs is 3. The van der Waals surface area contributed by atoms with E-state index >= 15 is 0 Å². The summed E-state index contributed by atoms with van der Waals surface area (Å²) in [6.07, 6.45) is 0. The molecule has 0 unspecified atom stereocenters. The number of hydrogen-bond acceptors (Lipinski definition) is 9. The van der Waals surface area contributed by atoms with Crippen LogP contribution in [0.5, 0.6) is 23.0 Å². The topological polar surface area (TPSA) is 119 Å². The Bertz CT molecular complexity index is 1760. The Labute approximate surface area is 204 Å². The second-order valence-corrected chi connectivity index (χ2v) is 8.32. The van der Waals surface area contributed by atoms with Crippen LogP contribution in [-0.2, 0) is 4.79 Å². The van der Waals surface area contributed by atoms with E-state index in [-0.39, 0.29) is 5.75 Å². The highest BCUT2D eigenvalue weighted by atomic mass is 16.6. The molecule has 1 N–H and O–H groups in total. The zero-order valence-corrected chi connectivity index (χ0v) is 19.8.